The quantitative estimate of drug-likeness (QED) is 0.588. The number of hydrogen-bond donors (Lipinski definition) is 0. The van der Waals surface area contributed by atoms with Gasteiger partial charge in [0.2, 0.25) is 0 Å². The third kappa shape index (κ3) is 1.55. The Morgan fingerprint density at radius 1 is 1.45 bits per heavy atom. The molecule has 0 N–H and O–H groups in total. The fourth-order valence-electron chi connectivity index (χ4n) is 1.19. The molecule has 0 aromatic heterocycles. The van der Waals surface area contributed by atoms with Crippen molar-refractivity contribution in [3.05, 3.63) is 34.3 Å². The molecule has 1 nitrogen and oxygen atoms in total. The molecule has 0 bridgehead atoms. The second-order valence-corrected chi connectivity index (χ2v) is 3.32. The molecule has 11 heavy (non-hydrogen) atoms. The van der Waals surface area contributed by atoms with Gasteiger partial charge in [-0.15, -0.1) is 0 Å². The predicted molar refractivity (Wildman–Crippen MR) is 44.9 cm³/mol. The largest absolute Gasteiger partial charge is 0.368 e. The van der Waals surface area contributed by atoms with Crippen LogP contribution in [0.15, 0.2) is 18.2 Å². The van der Waals surface area contributed by atoms with E-state index < -0.39 is 0 Å². The van der Waals surface area contributed by atoms with Crippen LogP contribution in [0.1, 0.15) is 17.2 Å². The molecule has 0 amide bonds. The zero-order chi connectivity index (χ0) is 7.84. The van der Waals surface area contributed by atoms with E-state index in [1.165, 1.54) is 11.1 Å². The molecule has 1 aliphatic rings. The maximum absolute atomic E-state index is 5.87. The van der Waals surface area contributed by atoms with E-state index in [-0.39, 0.29) is 0 Å². The summed E-state index contributed by atoms with van der Waals surface area (Å²) >= 11 is 5.87. The van der Waals surface area contributed by atoms with Crippen LogP contribution in [-0.2, 0) is 4.74 Å². The molecule has 0 saturated carbocycles. The Balaban J connectivity index is 2.39. The van der Waals surface area contributed by atoms with Crippen LogP contribution >= 0.6 is 11.6 Å². The summed E-state index contributed by atoms with van der Waals surface area (Å²) in [5.74, 6) is 0. The first-order valence-corrected chi connectivity index (χ1v) is 4.02. The van der Waals surface area contributed by atoms with Crippen LogP contribution in [0.4, 0.5) is 0 Å². The smallest absolute Gasteiger partial charge is 0.106 e. The second-order valence-electron chi connectivity index (χ2n) is 2.88. The number of rotatable bonds is 1. The number of benzene rings is 1. The van der Waals surface area contributed by atoms with Crippen molar-refractivity contribution in [3.8, 4) is 0 Å². The van der Waals surface area contributed by atoms with Crippen molar-refractivity contribution in [2.45, 2.75) is 13.0 Å². The van der Waals surface area contributed by atoms with Crippen LogP contribution in [0, 0.1) is 6.92 Å². The fourth-order valence-corrected chi connectivity index (χ4v) is 1.49. The van der Waals surface area contributed by atoms with Gasteiger partial charge in [0.15, 0.2) is 0 Å². The van der Waals surface area contributed by atoms with E-state index in [1.54, 1.807) is 0 Å². The summed E-state index contributed by atoms with van der Waals surface area (Å²) in [6.07, 6.45) is 0.312. The van der Waals surface area contributed by atoms with Crippen LogP contribution in [0.3, 0.4) is 0 Å². The fraction of sp³-hybridized carbons (Fsp3) is 0.333. The Morgan fingerprint density at radius 2 is 2.18 bits per heavy atom. The molecule has 0 spiro atoms. The van der Waals surface area contributed by atoms with Gasteiger partial charge in [-0.2, -0.15) is 0 Å². The highest BCUT2D eigenvalue weighted by Gasteiger charge is 2.24. The minimum atomic E-state index is 0.312. The van der Waals surface area contributed by atoms with Crippen LogP contribution < -0.4 is 0 Å². The monoisotopic (exact) mass is 168 g/mol. The number of aryl methyl sites for hydroxylation is 1. The van der Waals surface area contributed by atoms with Crippen molar-refractivity contribution in [2.75, 3.05) is 6.61 Å². The Kier molecular flexibility index (Phi) is 1.63. The van der Waals surface area contributed by atoms with Crippen molar-refractivity contribution in [2.24, 2.45) is 0 Å². The molecule has 2 rings (SSSR count). The molecule has 1 fully saturated rings. The lowest BCUT2D eigenvalue weighted by atomic mass is 10.1. The predicted octanol–water partition coefficient (Wildman–Crippen LogP) is 2.72. The summed E-state index contributed by atoms with van der Waals surface area (Å²) in [6, 6.07) is 6.03. The Hall–Kier alpha value is -0.530. The minimum absolute atomic E-state index is 0.312. The van der Waals surface area contributed by atoms with Gasteiger partial charge in [-0.25, -0.2) is 0 Å². The highest BCUT2D eigenvalue weighted by atomic mass is 35.5. The summed E-state index contributed by atoms with van der Waals surface area (Å²) in [5.41, 5.74) is 2.40. The topological polar surface area (TPSA) is 12.5 Å². The van der Waals surface area contributed by atoms with Crippen LogP contribution in [0.25, 0.3) is 0 Å². The molecule has 58 valence electrons. The minimum Gasteiger partial charge on any atom is -0.368 e. The first-order chi connectivity index (χ1) is 5.25. The number of halogens is 1. The van der Waals surface area contributed by atoms with E-state index in [0.717, 1.165) is 11.6 Å². The van der Waals surface area contributed by atoms with Gasteiger partial charge < -0.3 is 4.74 Å². The number of ether oxygens (including phenoxy) is 1. The molecule has 1 aromatic carbocycles. The van der Waals surface area contributed by atoms with Gasteiger partial charge in [0, 0.05) is 5.02 Å². The highest BCUT2D eigenvalue weighted by Crippen LogP contribution is 2.31. The Bertz CT molecular complexity index is 259. The van der Waals surface area contributed by atoms with E-state index in [1.807, 2.05) is 19.1 Å². The number of hydrogen-bond acceptors (Lipinski definition) is 1. The molecule has 1 atom stereocenters. The van der Waals surface area contributed by atoms with Crippen LogP contribution in [0.5, 0.6) is 0 Å². The lowest BCUT2D eigenvalue weighted by molar-refractivity contribution is 0.415. The van der Waals surface area contributed by atoms with Crippen molar-refractivity contribution >= 4 is 11.6 Å². The van der Waals surface area contributed by atoms with Gasteiger partial charge in [-0.3, -0.25) is 0 Å². The van der Waals surface area contributed by atoms with Crippen molar-refractivity contribution in [3.63, 3.8) is 0 Å². The summed E-state index contributed by atoms with van der Waals surface area (Å²) in [4.78, 5) is 0. The third-order valence-electron chi connectivity index (χ3n) is 1.77. The summed E-state index contributed by atoms with van der Waals surface area (Å²) < 4.78 is 5.15. The molecule has 1 heterocycles. The van der Waals surface area contributed by atoms with Gasteiger partial charge in [0.05, 0.1) is 6.61 Å². The molecule has 0 aliphatic carbocycles. The Morgan fingerprint density at radius 3 is 2.73 bits per heavy atom. The summed E-state index contributed by atoms with van der Waals surface area (Å²) in [5, 5.41) is 0.801. The lowest BCUT2D eigenvalue weighted by Crippen LogP contribution is -1.82. The normalized spacial score (nSPS) is 21.8. The van der Waals surface area contributed by atoms with Gasteiger partial charge >= 0.3 is 0 Å². The maximum Gasteiger partial charge on any atom is 0.106 e. The van der Waals surface area contributed by atoms with E-state index in [4.69, 9.17) is 16.3 Å². The molecular weight excluding hydrogens is 160 g/mol. The molecule has 1 unspecified atom stereocenters. The van der Waals surface area contributed by atoms with Gasteiger partial charge in [-0.05, 0) is 30.2 Å². The van der Waals surface area contributed by atoms with Crippen LogP contribution in [-0.4, -0.2) is 6.61 Å². The van der Waals surface area contributed by atoms with Gasteiger partial charge in [-0.1, -0.05) is 17.7 Å². The van der Waals surface area contributed by atoms with Gasteiger partial charge in [0.1, 0.15) is 6.10 Å². The summed E-state index contributed by atoms with van der Waals surface area (Å²) in [6.45, 7) is 2.89. The number of epoxide rings is 1. The van der Waals surface area contributed by atoms with Crippen molar-refractivity contribution in [1.82, 2.24) is 0 Å². The third-order valence-corrected chi connectivity index (χ3v) is 1.99. The average molecular weight is 169 g/mol. The SMILES string of the molecule is Cc1cc(Cl)cc(C2CO2)c1. The highest BCUT2D eigenvalue weighted by molar-refractivity contribution is 6.30. The molecule has 1 aromatic rings. The van der Waals surface area contributed by atoms with E-state index in [9.17, 15) is 0 Å². The van der Waals surface area contributed by atoms with Crippen molar-refractivity contribution < 1.29 is 4.74 Å². The second kappa shape index (κ2) is 2.50. The van der Waals surface area contributed by atoms with Crippen molar-refractivity contribution in [1.29, 1.82) is 0 Å². The molecule has 1 saturated heterocycles. The lowest BCUT2D eigenvalue weighted by Gasteiger charge is -1.98. The average Bonchev–Trinajstić information content (AvgIpc) is 2.64. The molecule has 2 heteroatoms. The molecule has 1 aliphatic heterocycles. The first-order valence-electron chi connectivity index (χ1n) is 3.64. The van der Waals surface area contributed by atoms with E-state index in [2.05, 4.69) is 6.07 Å². The van der Waals surface area contributed by atoms with E-state index >= 15 is 0 Å². The first kappa shape index (κ1) is 7.14. The standard InChI is InChI=1S/C9H9ClO/c1-6-2-7(9-5-11-9)4-8(10)3-6/h2-4,9H,5H2,1H3. The molecule has 0 radical (unpaired) electrons. The van der Waals surface area contributed by atoms with Gasteiger partial charge in [0.25, 0.3) is 0 Å². The zero-order valence-corrected chi connectivity index (χ0v) is 7.06. The van der Waals surface area contributed by atoms with Crippen LogP contribution in [0.2, 0.25) is 5.02 Å². The Labute approximate surface area is 70.9 Å². The zero-order valence-electron chi connectivity index (χ0n) is 6.30. The summed E-state index contributed by atoms with van der Waals surface area (Å²) in [7, 11) is 0. The van der Waals surface area contributed by atoms with E-state index in [0.29, 0.717) is 6.10 Å². The maximum atomic E-state index is 5.87. The molecular formula is C9H9ClO.